The lowest BCUT2D eigenvalue weighted by atomic mass is 10.3. The lowest BCUT2D eigenvalue weighted by molar-refractivity contribution is 0.0730. The largest absolute Gasteiger partial charge is 0.455 e. The number of anilines is 2. The summed E-state index contributed by atoms with van der Waals surface area (Å²) in [6.45, 7) is 5.35. The van der Waals surface area contributed by atoms with Crippen molar-refractivity contribution in [3.8, 4) is 11.5 Å². The molecule has 0 radical (unpaired) electrons. The Labute approximate surface area is 181 Å². The van der Waals surface area contributed by atoms with Crippen molar-refractivity contribution in [2.45, 2.75) is 18.7 Å². The second-order valence-electron chi connectivity index (χ2n) is 7.18. The molecule has 31 heavy (non-hydrogen) atoms. The highest BCUT2D eigenvalue weighted by molar-refractivity contribution is 7.89. The summed E-state index contributed by atoms with van der Waals surface area (Å²) in [5.41, 5.74) is 2.34. The van der Waals surface area contributed by atoms with Gasteiger partial charge in [-0.15, -0.1) is 0 Å². The number of rotatable bonds is 6. The van der Waals surface area contributed by atoms with Crippen molar-refractivity contribution < 1.29 is 17.9 Å². The van der Waals surface area contributed by atoms with Crippen LogP contribution in [0.25, 0.3) is 0 Å². The van der Waals surface area contributed by atoms with Crippen LogP contribution in [-0.4, -0.2) is 49.0 Å². The van der Waals surface area contributed by atoms with E-state index in [1.54, 1.807) is 42.6 Å². The number of ether oxygens (including phenoxy) is 2. The van der Waals surface area contributed by atoms with E-state index >= 15 is 0 Å². The summed E-state index contributed by atoms with van der Waals surface area (Å²) in [6, 6.07) is 14.0. The van der Waals surface area contributed by atoms with Crippen LogP contribution in [0.1, 0.15) is 11.4 Å². The van der Waals surface area contributed by atoms with Gasteiger partial charge in [0.2, 0.25) is 10.0 Å². The zero-order valence-electron chi connectivity index (χ0n) is 17.4. The molecule has 0 bridgehead atoms. The van der Waals surface area contributed by atoms with E-state index in [1.165, 1.54) is 4.31 Å². The Morgan fingerprint density at radius 3 is 2.65 bits per heavy atom. The molecule has 1 N–H and O–H groups in total. The first-order valence-corrected chi connectivity index (χ1v) is 11.4. The number of aryl methyl sites for hydroxylation is 2. The average Bonchev–Trinajstić information content (AvgIpc) is 2.77. The molecule has 8 nitrogen and oxygen atoms in total. The van der Waals surface area contributed by atoms with Gasteiger partial charge in [-0.25, -0.2) is 13.4 Å². The van der Waals surface area contributed by atoms with Crippen molar-refractivity contribution >= 4 is 21.5 Å². The van der Waals surface area contributed by atoms with E-state index in [4.69, 9.17) is 9.47 Å². The van der Waals surface area contributed by atoms with Gasteiger partial charge in [0.25, 0.3) is 0 Å². The molecule has 0 aliphatic carbocycles. The van der Waals surface area contributed by atoms with Crippen LogP contribution in [0.3, 0.4) is 0 Å². The molecule has 0 spiro atoms. The maximum absolute atomic E-state index is 12.9. The normalized spacial score (nSPS) is 14.9. The third kappa shape index (κ3) is 5.01. The van der Waals surface area contributed by atoms with Crippen molar-refractivity contribution in [3.05, 3.63) is 66.1 Å². The maximum Gasteiger partial charge on any atom is 0.243 e. The number of hydrogen-bond donors (Lipinski definition) is 1. The summed E-state index contributed by atoms with van der Waals surface area (Å²) in [6.07, 6.45) is 1.63. The number of hydrogen-bond acceptors (Lipinski definition) is 7. The van der Waals surface area contributed by atoms with Gasteiger partial charge in [0.05, 0.1) is 23.8 Å². The van der Waals surface area contributed by atoms with Gasteiger partial charge in [0.15, 0.2) is 0 Å². The molecule has 0 amide bonds. The molecule has 1 aliphatic rings. The van der Waals surface area contributed by atoms with E-state index in [1.807, 2.05) is 26.0 Å². The van der Waals surface area contributed by atoms with Crippen LogP contribution in [0.2, 0.25) is 0 Å². The lowest BCUT2D eigenvalue weighted by Gasteiger charge is -2.26. The van der Waals surface area contributed by atoms with Crippen LogP contribution in [-0.2, 0) is 14.8 Å². The summed E-state index contributed by atoms with van der Waals surface area (Å²) >= 11 is 0. The van der Waals surface area contributed by atoms with Crippen molar-refractivity contribution in [3.63, 3.8) is 0 Å². The highest BCUT2D eigenvalue weighted by Gasteiger charge is 2.26. The maximum atomic E-state index is 12.9. The standard InChI is InChI=1S/C22H24N4O4S/c1-16-6-7-21(17(2)24-16)30-19-8-9-23-22(15-19)25-18-4-3-5-20(14-18)31(27,28)26-10-12-29-13-11-26/h3-9,14-15H,10-13H2,1-2H3,(H,23,25). The summed E-state index contributed by atoms with van der Waals surface area (Å²) in [4.78, 5) is 8.95. The number of aromatic nitrogens is 2. The number of nitrogens with zero attached hydrogens (tertiary/aromatic N) is 3. The van der Waals surface area contributed by atoms with Crippen LogP contribution < -0.4 is 10.1 Å². The van der Waals surface area contributed by atoms with E-state index in [-0.39, 0.29) is 4.90 Å². The van der Waals surface area contributed by atoms with E-state index in [9.17, 15) is 8.42 Å². The number of pyridine rings is 2. The quantitative estimate of drug-likeness (QED) is 0.625. The third-order valence-electron chi connectivity index (χ3n) is 4.85. The highest BCUT2D eigenvalue weighted by atomic mass is 32.2. The van der Waals surface area contributed by atoms with Gasteiger partial charge in [-0.2, -0.15) is 4.31 Å². The molecule has 0 unspecified atom stereocenters. The second-order valence-corrected chi connectivity index (χ2v) is 9.12. The van der Waals surface area contributed by atoms with E-state index in [0.29, 0.717) is 49.3 Å². The monoisotopic (exact) mass is 440 g/mol. The fraction of sp³-hybridized carbons (Fsp3) is 0.273. The number of nitrogens with one attached hydrogen (secondary N) is 1. The molecule has 4 rings (SSSR count). The molecule has 2 aromatic heterocycles. The number of benzene rings is 1. The van der Waals surface area contributed by atoms with Crippen molar-refractivity contribution in [1.82, 2.24) is 14.3 Å². The van der Waals surface area contributed by atoms with Crippen molar-refractivity contribution in [1.29, 1.82) is 0 Å². The first-order chi connectivity index (χ1) is 14.9. The molecule has 1 saturated heterocycles. The van der Waals surface area contributed by atoms with Gasteiger partial charge < -0.3 is 14.8 Å². The van der Waals surface area contributed by atoms with E-state index in [2.05, 4.69) is 15.3 Å². The molecule has 0 atom stereocenters. The summed E-state index contributed by atoms with van der Waals surface area (Å²) in [7, 11) is -3.57. The molecule has 9 heteroatoms. The van der Waals surface area contributed by atoms with Crippen molar-refractivity contribution in [2.75, 3.05) is 31.6 Å². The van der Waals surface area contributed by atoms with Crippen LogP contribution >= 0.6 is 0 Å². The molecule has 1 fully saturated rings. The predicted octanol–water partition coefficient (Wildman–Crippen LogP) is 3.65. The van der Waals surface area contributed by atoms with Gasteiger partial charge in [-0.3, -0.25) is 4.98 Å². The van der Waals surface area contributed by atoms with Gasteiger partial charge >= 0.3 is 0 Å². The first kappa shape index (κ1) is 21.2. The fourth-order valence-corrected chi connectivity index (χ4v) is 4.72. The lowest BCUT2D eigenvalue weighted by Crippen LogP contribution is -2.40. The number of sulfonamides is 1. The zero-order chi connectivity index (χ0) is 21.8. The molecule has 3 heterocycles. The fourth-order valence-electron chi connectivity index (χ4n) is 3.27. The van der Waals surface area contributed by atoms with Crippen LogP contribution in [0.15, 0.2) is 59.6 Å². The molecule has 3 aromatic rings. The SMILES string of the molecule is Cc1ccc(Oc2ccnc(Nc3cccc(S(=O)(=O)N4CCOCC4)c3)c2)c(C)n1. The summed E-state index contributed by atoms with van der Waals surface area (Å²) < 4.78 is 38.5. The highest BCUT2D eigenvalue weighted by Crippen LogP contribution is 2.27. The molecule has 162 valence electrons. The van der Waals surface area contributed by atoms with Gasteiger partial charge in [-0.1, -0.05) is 6.07 Å². The smallest absolute Gasteiger partial charge is 0.243 e. The first-order valence-electron chi connectivity index (χ1n) is 9.95. The van der Waals surface area contributed by atoms with Gasteiger partial charge in [0.1, 0.15) is 17.3 Å². The summed E-state index contributed by atoms with van der Waals surface area (Å²) in [5, 5.41) is 3.15. The zero-order valence-corrected chi connectivity index (χ0v) is 18.2. The molecule has 1 aromatic carbocycles. The average molecular weight is 441 g/mol. The Kier molecular flexibility index (Phi) is 6.17. The molecule has 0 saturated carbocycles. The third-order valence-corrected chi connectivity index (χ3v) is 6.74. The minimum Gasteiger partial charge on any atom is -0.455 e. The Hall–Kier alpha value is -3.01. The number of morpholine rings is 1. The topological polar surface area (TPSA) is 93.6 Å². The van der Waals surface area contributed by atoms with Gasteiger partial charge in [-0.05, 0) is 50.2 Å². The van der Waals surface area contributed by atoms with Crippen LogP contribution in [0.5, 0.6) is 11.5 Å². The Balaban J connectivity index is 1.52. The van der Waals surface area contributed by atoms with Gasteiger partial charge in [0, 0.05) is 36.7 Å². The Morgan fingerprint density at radius 1 is 1.06 bits per heavy atom. The van der Waals surface area contributed by atoms with Crippen molar-refractivity contribution in [2.24, 2.45) is 0 Å². The molecular weight excluding hydrogens is 416 g/mol. The van der Waals surface area contributed by atoms with Crippen LogP contribution in [0.4, 0.5) is 11.5 Å². The second kappa shape index (κ2) is 9.01. The predicted molar refractivity (Wildman–Crippen MR) is 117 cm³/mol. The minimum atomic E-state index is -3.57. The Bertz CT molecular complexity index is 1180. The minimum absolute atomic E-state index is 0.230. The Morgan fingerprint density at radius 2 is 1.87 bits per heavy atom. The molecular formula is C22H24N4O4S. The summed E-state index contributed by atoms with van der Waals surface area (Å²) in [5.74, 6) is 1.81. The van der Waals surface area contributed by atoms with E-state index in [0.717, 1.165) is 11.4 Å². The van der Waals surface area contributed by atoms with Crippen LogP contribution in [0, 0.1) is 13.8 Å². The molecule has 1 aliphatic heterocycles. The van der Waals surface area contributed by atoms with E-state index < -0.39 is 10.0 Å².